The summed E-state index contributed by atoms with van der Waals surface area (Å²) >= 11 is 3.37. The molecule has 0 saturated carbocycles. The fourth-order valence-electron chi connectivity index (χ4n) is 1.73. The molecule has 1 amide bonds. The van der Waals surface area contributed by atoms with E-state index in [1.165, 1.54) is 0 Å². The number of hydrogen-bond acceptors (Lipinski definition) is 3. The molecule has 0 atom stereocenters. The molecule has 1 aliphatic rings. The fraction of sp³-hybridized carbons (Fsp3) is 0.417. The number of hydrogen-bond donors (Lipinski definition) is 2. The first-order valence-corrected chi connectivity index (χ1v) is 6.32. The lowest BCUT2D eigenvalue weighted by atomic mass is 9.99. The molecule has 1 aliphatic heterocycles. The minimum Gasteiger partial charge on any atom is -0.495 e. The first-order valence-electron chi connectivity index (χ1n) is 5.53. The maximum atomic E-state index is 11.8. The number of amides is 1. The van der Waals surface area contributed by atoms with Gasteiger partial charge in [-0.25, -0.2) is 0 Å². The molecule has 1 saturated heterocycles. The van der Waals surface area contributed by atoms with Gasteiger partial charge in [-0.05, 0) is 37.2 Å². The number of carbonyl (C=O) groups excluding carboxylic acids is 1. The fourth-order valence-corrected chi connectivity index (χ4v) is 2.10. The third-order valence-electron chi connectivity index (χ3n) is 2.78. The second-order valence-electron chi connectivity index (χ2n) is 4.12. The highest BCUT2D eigenvalue weighted by Crippen LogP contribution is 2.28. The van der Waals surface area contributed by atoms with Gasteiger partial charge in [0.1, 0.15) is 5.75 Å². The summed E-state index contributed by atoms with van der Waals surface area (Å²) in [6.45, 7) is 1.87. The number of carbonyl (C=O) groups is 1. The van der Waals surface area contributed by atoms with E-state index in [9.17, 15) is 4.79 Å². The summed E-state index contributed by atoms with van der Waals surface area (Å²) in [6.07, 6.45) is 0.558. The summed E-state index contributed by atoms with van der Waals surface area (Å²) in [5.41, 5.74) is 0.708. The van der Waals surface area contributed by atoms with Crippen LogP contribution in [0.15, 0.2) is 22.7 Å². The third kappa shape index (κ3) is 3.20. The van der Waals surface area contributed by atoms with Gasteiger partial charge in [0, 0.05) is 10.9 Å². The SMILES string of the molecule is COc1ccc(Br)cc1NC(=O)CC1CNC1. The van der Waals surface area contributed by atoms with Crippen molar-refractivity contribution >= 4 is 27.5 Å². The maximum Gasteiger partial charge on any atom is 0.224 e. The normalized spacial score (nSPS) is 15.2. The van der Waals surface area contributed by atoms with Crippen molar-refractivity contribution in [2.24, 2.45) is 5.92 Å². The zero-order chi connectivity index (χ0) is 12.3. The molecule has 0 aliphatic carbocycles. The largest absolute Gasteiger partial charge is 0.495 e. The summed E-state index contributed by atoms with van der Waals surface area (Å²) in [7, 11) is 1.59. The van der Waals surface area contributed by atoms with E-state index in [0.717, 1.165) is 17.6 Å². The van der Waals surface area contributed by atoms with Crippen molar-refractivity contribution in [1.82, 2.24) is 5.32 Å². The lowest BCUT2D eigenvalue weighted by Gasteiger charge is -2.26. The number of halogens is 1. The van der Waals surface area contributed by atoms with E-state index in [1.54, 1.807) is 7.11 Å². The van der Waals surface area contributed by atoms with Gasteiger partial charge in [0.05, 0.1) is 12.8 Å². The summed E-state index contributed by atoms with van der Waals surface area (Å²) in [6, 6.07) is 5.55. The van der Waals surface area contributed by atoms with Gasteiger partial charge in [-0.1, -0.05) is 15.9 Å². The Bertz CT molecular complexity index is 419. The quantitative estimate of drug-likeness (QED) is 0.894. The monoisotopic (exact) mass is 298 g/mol. The highest BCUT2D eigenvalue weighted by Gasteiger charge is 2.20. The number of anilines is 1. The molecule has 1 fully saturated rings. The first kappa shape index (κ1) is 12.4. The second-order valence-corrected chi connectivity index (χ2v) is 5.04. The topological polar surface area (TPSA) is 50.4 Å². The Balaban J connectivity index is 2.00. The molecule has 4 nitrogen and oxygen atoms in total. The molecule has 92 valence electrons. The first-order chi connectivity index (χ1) is 8.19. The molecular formula is C12H15BrN2O2. The van der Waals surface area contributed by atoms with Crippen LogP contribution in [0.5, 0.6) is 5.75 Å². The van der Waals surface area contributed by atoms with Crippen LogP contribution in [-0.4, -0.2) is 26.1 Å². The summed E-state index contributed by atoms with van der Waals surface area (Å²) in [5, 5.41) is 6.03. The Labute approximate surface area is 109 Å². The zero-order valence-corrected chi connectivity index (χ0v) is 11.2. The lowest BCUT2D eigenvalue weighted by molar-refractivity contribution is -0.117. The lowest BCUT2D eigenvalue weighted by Crippen LogP contribution is -2.43. The van der Waals surface area contributed by atoms with Crippen molar-refractivity contribution in [3.63, 3.8) is 0 Å². The van der Waals surface area contributed by atoms with Gasteiger partial charge in [-0.3, -0.25) is 4.79 Å². The van der Waals surface area contributed by atoms with Crippen molar-refractivity contribution in [2.45, 2.75) is 6.42 Å². The smallest absolute Gasteiger partial charge is 0.224 e. The van der Waals surface area contributed by atoms with E-state index in [2.05, 4.69) is 26.6 Å². The van der Waals surface area contributed by atoms with Crippen LogP contribution >= 0.6 is 15.9 Å². The van der Waals surface area contributed by atoms with E-state index in [0.29, 0.717) is 23.8 Å². The van der Waals surface area contributed by atoms with Crippen molar-refractivity contribution in [3.05, 3.63) is 22.7 Å². The van der Waals surface area contributed by atoms with Crippen molar-refractivity contribution in [2.75, 3.05) is 25.5 Å². The molecule has 2 rings (SSSR count). The molecule has 0 radical (unpaired) electrons. The Kier molecular flexibility index (Phi) is 4.02. The molecule has 0 unspecified atom stereocenters. The van der Waals surface area contributed by atoms with Crippen LogP contribution in [0.25, 0.3) is 0 Å². The van der Waals surface area contributed by atoms with E-state index in [-0.39, 0.29) is 5.91 Å². The molecular weight excluding hydrogens is 284 g/mol. The zero-order valence-electron chi connectivity index (χ0n) is 9.63. The molecule has 17 heavy (non-hydrogen) atoms. The van der Waals surface area contributed by atoms with Crippen molar-refractivity contribution in [1.29, 1.82) is 0 Å². The van der Waals surface area contributed by atoms with E-state index < -0.39 is 0 Å². The van der Waals surface area contributed by atoms with E-state index in [1.807, 2.05) is 18.2 Å². The Hall–Kier alpha value is -1.07. The summed E-state index contributed by atoms with van der Waals surface area (Å²) in [5.74, 6) is 1.18. The van der Waals surface area contributed by atoms with Crippen LogP contribution < -0.4 is 15.4 Å². The van der Waals surface area contributed by atoms with Gasteiger partial charge < -0.3 is 15.4 Å². The van der Waals surface area contributed by atoms with Crippen LogP contribution in [-0.2, 0) is 4.79 Å². The number of rotatable bonds is 4. The van der Waals surface area contributed by atoms with Crippen molar-refractivity contribution < 1.29 is 9.53 Å². The van der Waals surface area contributed by atoms with Crippen LogP contribution in [0.4, 0.5) is 5.69 Å². The Morgan fingerprint density at radius 1 is 1.59 bits per heavy atom. The molecule has 1 aromatic rings. The Morgan fingerprint density at radius 3 is 2.94 bits per heavy atom. The van der Waals surface area contributed by atoms with Gasteiger partial charge in [0.2, 0.25) is 5.91 Å². The molecule has 1 heterocycles. The van der Waals surface area contributed by atoms with Gasteiger partial charge in [-0.2, -0.15) is 0 Å². The minimum atomic E-state index is 0.0351. The predicted molar refractivity (Wildman–Crippen MR) is 70.3 cm³/mol. The maximum absolute atomic E-state index is 11.8. The van der Waals surface area contributed by atoms with E-state index in [4.69, 9.17) is 4.74 Å². The third-order valence-corrected chi connectivity index (χ3v) is 3.27. The van der Waals surface area contributed by atoms with Gasteiger partial charge in [0.25, 0.3) is 0 Å². The summed E-state index contributed by atoms with van der Waals surface area (Å²) < 4.78 is 6.11. The standard InChI is InChI=1S/C12H15BrN2O2/c1-17-11-3-2-9(13)5-10(11)15-12(16)4-8-6-14-7-8/h2-3,5,8,14H,4,6-7H2,1H3,(H,15,16). The average molecular weight is 299 g/mol. The van der Waals surface area contributed by atoms with Gasteiger partial charge in [0.15, 0.2) is 0 Å². The number of benzene rings is 1. The number of methoxy groups -OCH3 is 1. The van der Waals surface area contributed by atoms with Crippen LogP contribution in [0.1, 0.15) is 6.42 Å². The molecule has 0 bridgehead atoms. The minimum absolute atomic E-state index is 0.0351. The highest BCUT2D eigenvalue weighted by atomic mass is 79.9. The average Bonchev–Trinajstić information content (AvgIpc) is 2.24. The molecule has 0 spiro atoms. The van der Waals surface area contributed by atoms with Crippen LogP contribution in [0.2, 0.25) is 0 Å². The highest BCUT2D eigenvalue weighted by molar-refractivity contribution is 9.10. The molecule has 0 aromatic heterocycles. The van der Waals surface area contributed by atoms with E-state index >= 15 is 0 Å². The molecule has 5 heteroatoms. The number of ether oxygens (including phenoxy) is 1. The molecule has 1 aromatic carbocycles. The van der Waals surface area contributed by atoms with Crippen LogP contribution in [0.3, 0.4) is 0 Å². The number of nitrogens with one attached hydrogen (secondary N) is 2. The van der Waals surface area contributed by atoms with Gasteiger partial charge in [-0.15, -0.1) is 0 Å². The molecule has 2 N–H and O–H groups in total. The van der Waals surface area contributed by atoms with Gasteiger partial charge >= 0.3 is 0 Å². The van der Waals surface area contributed by atoms with Crippen LogP contribution in [0, 0.1) is 5.92 Å². The second kappa shape index (κ2) is 5.51. The van der Waals surface area contributed by atoms with Crippen molar-refractivity contribution in [3.8, 4) is 5.75 Å². The Morgan fingerprint density at radius 2 is 2.35 bits per heavy atom. The summed E-state index contributed by atoms with van der Waals surface area (Å²) in [4.78, 5) is 11.8. The predicted octanol–water partition coefficient (Wildman–Crippen LogP) is 2.01.